The smallest absolute Gasteiger partial charge is 0.306 e. The summed E-state index contributed by atoms with van der Waals surface area (Å²) in [7, 11) is 5.90. The Labute approximate surface area is 207 Å². The van der Waals surface area contributed by atoms with Crippen molar-refractivity contribution in [2.45, 2.75) is 12.3 Å². The van der Waals surface area contributed by atoms with E-state index >= 15 is 0 Å². The molecule has 184 valence electrons. The van der Waals surface area contributed by atoms with Crippen LogP contribution in [0.3, 0.4) is 0 Å². The molecule has 0 N–H and O–H groups in total. The maximum absolute atomic E-state index is 13.4. The number of rotatable bonds is 6. The number of ketones is 1. The lowest BCUT2D eigenvalue weighted by Gasteiger charge is -2.27. The molecule has 2 aromatic carbocycles. The maximum Gasteiger partial charge on any atom is 0.306 e. The highest BCUT2D eigenvalue weighted by Crippen LogP contribution is 2.52. The largest absolute Gasteiger partial charge is 0.496 e. The highest BCUT2D eigenvalue weighted by atomic mass is 16.5. The van der Waals surface area contributed by atoms with Crippen molar-refractivity contribution in [3.8, 4) is 34.6 Å². The molecule has 9 heteroatoms. The molecule has 0 aliphatic carbocycles. The number of methoxy groups -OCH3 is 4. The van der Waals surface area contributed by atoms with Gasteiger partial charge in [0.25, 0.3) is 0 Å². The average molecular weight is 489 g/mol. The van der Waals surface area contributed by atoms with E-state index in [1.807, 2.05) is 6.07 Å². The second kappa shape index (κ2) is 9.26. The lowest BCUT2D eigenvalue weighted by molar-refractivity contribution is -0.140. The zero-order valence-corrected chi connectivity index (χ0v) is 20.1. The fraction of sp³-hybridized carbons (Fsp3) is 0.222. The lowest BCUT2D eigenvalue weighted by Crippen LogP contribution is -2.16. The first kappa shape index (κ1) is 23.2. The van der Waals surface area contributed by atoms with Gasteiger partial charge in [-0.2, -0.15) is 0 Å². The van der Waals surface area contributed by atoms with Gasteiger partial charge in [0, 0.05) is 34.9 Å². The van der Waals surface area contributed by atoms with Crippen LogP contribution in [0.5, 0.6) is 34.6 Å². The van der Waals surface area contributed by atoms with Crippen molar-refractivity contribution < 1.29 is 38.0 Å². The molecule has 1 unspecified atom stereocenters. The second-order valence-electron chi connectivity index (χ2n) is 8.08. The molecule has 0 saturated heterocycles. The molecule has 0 fully saturated rings. The number of aromatic nitrogens is 1. The minimum Gasteiger partial charge on any atom is -0.496 e. The van der Waals surface area contributed by atoms with Gasteiger partial charge in [0.2, 0.25) is 11.7 Å². The maximum atomic E-state index is 13.4. The predicted molar refractivity (Wildman–Crippen MR) is 128 cm³/mol. The Morgan fingerprint density at radius 3 is 2.47 bits per heavy atom. The summed E-state index contributed by atoms with van der Waals surface area (Å²) < 4.78 is 33.3. The predicted octanol–water partition coefficient (Wildman–Crippen LogP) is 4.52. The molecular formula is C27H23NO8. The fourth-order valence-electron chi connectivity index (χ4n) is 4.46. The van der Waals surface area contributed by atoms with Crippen LogP contribution in [0.15, 0.2) is 48.4 Å². The van der Waals surface area contributed by atoms with Crippen LogP contribution in [0.4, 0.5) is 0 Å². The summed E-state index contributed by atoms with van der Waals surface area (Å²) in [6.45, 7) is 0. The Bertz CT molecular complexity index is 1410. The number of pyridine rings is 1. The van der Waals surface area contributed by atoms with Gasteiger partial charge >= 0.3 is 5.97 Å². The summed E-state index contributed by atoms with van der Waals surface area (Å²) in [6, 6.07) is 10.3. The number of Topliss-reactive ketones (excluding diaryl/α,β-unsaturated/α-hetero) is 1. The van der Waals surface area contributed by atoms with E-state index < -0.39 is 11.9 Å². The van der Waals surface area contributed by atoms with Gasteiger partial charge in [-0.1, -0.05) is 6.07 Å². The van der Waals surface area contributed by atoms with Gasteiger partial charge in [0.1, 0.15) is 17.2 Å². The van der Waals surface area contributed by atoms with Gasteiger partial charge in [0.05, 0.1) is 40.4 Å². The summed E-state index contributed by atoms with van der Waals surface area (Å²) in [4.78, 5) is 30.0. The van der Waals surface area contributed by atoms with Crippen molar-refractivity contribution in [3.63, 3.8) is 0 Å². The van der Waals surface area contributed by atoms with Crippen LogP contribution in [-0.4, -0.2) is 45.2 Å². The SMILES string of the molecule is COC(=O)CC1c2cccnc2Oc2ccc3c(c21)O/C(=C\c1cc(OC)c(OC)cc1OC)C3=O. The Kier molecular flexibility index (Phi) is 5.97. The Morgan fingerprint density at radius 1 is 1.00 bits per heavy atom. The molecule has 0 radical (unpaired) electrons. The third-order valence-corrected chi connectivity index (χ3v) is 6.19. The lowest BCUT2D eigenvalue weighted by atomic mass is 9.85. The molecular weight excluding hydrogens is 466 g/mol. The van der Waals surface area contributed by atoms with Gasteiger partial charge < -0.3 is 28.4 Å². The quantitative estimate of drug-likeness (QED) is 0.365. The van der Waals surface area contributed by atoms with Crippen LogP contribution < -0.4 is 23.7 Å². The van der Waals surface area contributed by atoms with E-state index in [-0.39, 0.29) is 18.0 Å². The summed E-state index contributed by atoms with van der Waals surface area (Å²) >= 11 is 0. The third-order valence-electron chi connectivity index (χ3n) is 6.19. The van der Waals surface area contributed by atoms with Gasteiger partial charge in [-0.3, -0.25) is 9.59 Å². The average Bonchev–Trinajstić information content (AvgIpc) is 3.22. The summed E-state index contributed by atoms with van der Waals surface area (Å²) in [5.41, 5.74) is 2.23. The van der Waals surface area contributed by atoms with E-state index in [9.17, 15) is 9.59 Å². The third kappa shape index (κ3) is 3.78. The molecule has 3 aromatic rings. The zero-order chi connectivity index (χ0) is 25.4. The molecule has 0 bridgehead atoms. The summed E-state index contributed by atoms with van der Waals surface area (Å²) in [5.74, 6) is 1.55. The number of benzene rings is 2. The van der Waals surface area contributed by atoms with Gasteiger partial charge in [-0.05, 0) is 30.3 Å². The molecule has 1 atom stereocenters. The molecule has 3 heterocycles. The van der Waals surface area contributed by atoms with E-state index in [1.54, 1.807) is 42.6 Å². The highest BCUT2D eigenvalue weighted by molar-refractivity contribution is 6.15. The molecule has 0 amide bonds. The molecule has 2 aliphatic heterocycles. The topological polar surface area (TPSA) is 102 Å². The van der Waals surface area contributed by atoms with Crippen molar-refractivity contribution in [2.24, 2.45) is 0 Å². The van der Waals surface area contributed by atoms with Crippen LogP contribution in [-0.2, 0) is 9.53 Å². The molecule has 5 rings (SSSR count). The Morgan fingerprint density at radius 2 is 1.75 bits per heavy atom. The van der Waals surface area contributed by atoms with Crippen molar-refractivity contribution >= 4 is 17.8 Å². The molecule has 2 aliphatic rings. The van der Waals surface area contributed by atoms with Gasteiger partial charge in [-0.25, -0.2) is 4.98 Å². The molecule has 1 aromatic heterocycles. The zero-order valence-electron chi connectivity index (χ0n) is 20.1. The molecule has 0 saturated carbocycles. The van der Waals surface area contributed by atoms with Crippen molar-refractivity contribution in [1.29, 1.82) is 0 Å². The van der Waals surface area contributed by atoms with Crippen LogP contribution in [0.25, 0.3) is 6.08 Å². The standard InChI is InChI=1S/C27H23NO8/c1-31-19-13-21(33-3)20(32-2)10-14(19)11-22-25(30)16-7-8-18-24(26(16)35-22)17(12-23(29)34-4)15-6-5-9-28-27(15)36-18/h5-11,13,17H,12H2,1-4H3/b22-11-. The van der Waals surface area contributed by atoms with Crippen LogP contribution in [0.1, 0.15) is 39.4 Å². The second-order valence-corrected chi connectivity index (χ2v) is 8.08. The summed E-state index contributed by atoms with van der Waals surface area (Å²) in [6.07, 6.45) is 3.23. The molecule has 9 nitrogen and oxygen atoms in total. The van der Waals surface area contributed by atoms with Crippen molar-refractivity contribution in [2.75, 3.05) is 28.4 Å². The number of ether oxygens (including phenoxy) is 6. The Hall–Kier alpha value is -4.53. The first-order valence-corrected chi connectivity index (χ1v) is 11.1. The number of carbonyl (C=O) groups excluding carboxylic acids is 2. The summed E-state index contributed by atoms with van der Waals surface area (Å²) in [5, 5.41) is 0. The highest BCUT2D eigenvalue weighted by Gasteiger charge is 2.39. The van der Waals surface area contributed by atoms with Crippen LogP contribution in [0.2, 0.25) is 0 Å². The van der Waals surface area contributed by atoms with Crippen molar-refractivity contribution in [1.82, 2.24) is 4.98 Å². The minimum atomic E-state index is -0.470. The van der Waals surface area contributed by atoms with Crippen LogP contribution in [0, 0.1) is 0 Å². The Balaban J connectivity index is 1.61. The monoisotopic (exact) mass is 489 g/mol. The number of fused-ring (bicyclic) bond motifs is 4. The van der Waals surface area contributed by atoms with E-state index in [0.717, 1.165) is 0 Å². The molecule has 0 spiro atoms. The number of nitrogens with zero attached hydrogens (tertiary/aromatic N) is 1. The fourth-order valence-corrected chi connectivity index (χ4v) is 4.46. The number of hydrogen-bond donors (Lipinski definition) is 0. The van der Waals surface area contributed by atoms with Crippen molar-refractivity contribution in [3.05, 3.63) is 70.6 Å². The van der Waals surface area contributed by atoms with Crippen LogP contribution >= 0.6 is 0 Å². The number of hydrogen-bond acceptors (Lipinski definition) is 9. The molecule has 36 heavy (non-hydrogen) atoms. The van der Waals surface area contributed by atoms with E-state index in [0.29, 0.717) is 56.9 Å². The van der Waals surface area contributed by atoms with Gasteiger partial charge in [0.15, 0.2) is 17.3 Å². The first-order valence-electron chi connectivity index (χ1n) is 11.1. The number of carbonyl (C=O) groups is 2. The number of esters is 1. The van der Waals surface area contributed by atoms with Gasteiger partial charge in [-0.15, -0.1) is 0 Å². The van der Waals surface area contributed by atoms with E-state index in [4.69, 9.17) is 28.4 Å². The normalized spacial score (nSPS) is 16.3. The number of allylic oxidation sites excluding steroid dienone is 1. The first-order chi connectivity index (χ1) is 17.5. The minimum absolute atomic E-state index is 0.0299. The van der Waals surface area contributed by atoms with E-state index in [2.05, 4.69) is 4.98 Å². The van der Waals surface area contributed by atoms with E-state index in [1.165, 1.54) is 28.4 Å².